The van der Waals surface area contributed by atoms with E-state index >= 15 is 0 Å². The average molecular weight is 383 g/mol. The monoisotopic (exact) mass is 383 g/mol. The highest BCUT2D eigenvalue weighted by Crippen LogP contribution is 2.22. The van der Waals surface area contributed by atoms with E-state index in [1.165, 1.54) is 18.2 Å². The Kier molecular flexibility index (Phi) is 6.00. The Morgan fingerprint density at radius 1 is 1.29 bits per heavy atom. The number of nitro benzene ring substituents is 1. The summed E-state index contributed by atoms with van der Waals surface area (Å²) in [6.07, 6.45) is -0.0535. The van der Waals surface area contributed by atoms with Gasteiger partial charge in [-0.3, -0.25) is 24.6 Å². The van der Waals surface area contributed by atoms with E-state index in [1.807, 2.05) is 35.2 Å². The molecule has 1 fully saturated rings. The quantitative estimate of drug-likeness (QED) is 0.467. The van der Waals surface area contributed by atoms with Crippen molar-refractivity contribution in [2.75, 3.05) is 18.5 Å². The van der Waals surface area contributed by atoms with Gasteiger partial charge in [0.1, 0.15) is 12.6 Å². The normalized spacial score (nSPS) is 17.0. The van der Waals surface area contributed by atoms with Gasteiger partial charge in [-0.25, -0.2) is 0 Å². The molecule has 1 N–H and O–H groups in total. The number of non-ortho nitro benzene ring substituents is 1. The van der Waals surface area contributed by atoms with Gasteiger partial charge in [-0.2, -0.15) is 0 Å². The molecule has 3 rings (SSSR count). The molecule has 0 bridgehead atoms. The molecule has 1 aliphatic rings. The largest absolute Gasteiger partial charge is 0.463 e. The number of aryl methyl sites for hydroxylation is 1. The van der Waals surface area contributed by atoms with Crippen LogP contribution in [0, 0.1) is 17.0 Å². The minimum absolute atomic E-state index is 0.0413. The summed E-state index contributed by atoms with van der Waals surface area (Å²) in [7, 11) is 0. The van der Waals surface area contributed by atoms with Crippen molar-refractivity contribution in [3.05, 3.63) is 69.8 Å². The molecule has 1 amide bonds. The Bertz CT molecular complexity index is 885. The van der Waals surface area contributed by atoms with Gasteiger partial charge in [-0.15, -0.1) is 0 Å². The number of hydrogen-bond donors (Lipinski definition) is 1. The van der Waals surface area contributed by atoms with Crippen LogP contribution in [0.4, 0.5) is 11.4 Å². The number of amides is 1. The number of nitrogens with zero attached hydrogens (tertiary/aromatic N) is 2. The first kappa shape index (κ1) is 19.5. The Morgan fingerprint density at radius 3 is 2.71 bits per heavy atom. The van der Waals surface area contributed by atoms with E-state index in [4.69, 9.17) is 4.74 Å². The molecule has 146 valence electrons. The number of esters is 1. The number of carbonyl (C=O) groups is 2. The zero-order valence-electron chi connectivity index (χ0n) is 15.5. The molecular formula is C20H21N3O5. The van der Waals surface area contributed by atoms with Crippen molar-refractivity contribution in [1.29, 1.82) is 0 Å². The molecule has 1 atom stereocenters. The Labute approximate surface area is 162 Å². The van der Waals surface area contributed by atoms with Crippen molar-refractivity contribution < 1.29 is 19.2 Å². The zero-order valence-corrected chi connectivity index (χ0v) is 15.5. The van der Waals surface area contributed by atoms with E-state index in [2.05, 4.69) is 5.32 Å². The van der Waals surface area contributed by atoms with Gasteiger partial charge in [0.25, 0.3) is 5.69 Å². The van der Waals surface area contributed by atoms with Crippen LogP contribution in [0.3, 0.4) is 0 Å². The van der Waals surface area contributed by atoms with Gasteiger partial charge in [-0.1, -0.05) is 30.3 Å². The fourth-order valence-corrected chi connectivity index (χ4v) is 3.16. The van der Waals surface area contributed by atoms with Crippen LogP contribution in [-0.2, 0) is 20.9 Å². The number of nitrogens with one attached hydrogen (secondary N) is 1. The number of rotatable bonds is 6. The SMILES string of the molecule is Cc1cc([N+](=O)[O-])ccc1NC(=O)C[C@H]1C(=O)OCCN1Cc1ccccc1. The molecule has 8 heteroatoms. The molecule has 0 aliphatic carbocycles. The molecule has 0 aromatic heterocycles. The van der Waals surface area contributed by atoms with Crippen LogP contribution in [0.1, 0.15) is 17.5 Å². The molecule has 1 aliphatic heterocycles. The minimum atomic E-state index is -0.674. The summed E-state index contributed by atoms with van der Waals surface area (Å²) in [6.45, 7) is 3.07. The average Bonchev–Trinajstić information content (AvgIpc) is 2.67. The Morgan fingerprint density at radius 2 is 2.04 bits per heavy atom. The molecule has 2 aromatic rings. The van der Waals surface area contributed by atoms with Crippen LogP contribution in [0.5, 0.6) is 0 Å². The summed E-state index contributed by atoms with van der Waals surface area (Å²) >= 11 is 0. The third-order valence-electron chi connectivity index (χ3n) is 4.64. The lowest BCUT2D eigenvalue weighted by Crippen LogP contribution is -2.49. The zero-order chi connectivity index (χ0) is 20.1. The van der Waals surface area contributed by atoms with Gasteiger partial charge in [0.2, 0.25) is 5.91 Å². The molecule has 0 saturated carbocycles. The number of nitro groups is 1. The Hall–Kier alpha value is -3.26. The van der Waals surface area contributed by atoms with E-state index in [9.17, 15) is 19.7 Å². The second kappa shape index (κ2) is 8.62. The van der Waals surface area contributed by atoms with Crippen molar-refractivity contribution in [1.82, 2.24) is 4.90 Å². The highest BCUT2D eigenvalue weighted by atomic mass is 16.6. The number of anilines is 1. The smallest absolute Gasteiger partial charge is 0.323 e. The summed E-state index contributed by atoms with van der Waals surface area (Å²) < 4.78 is 5.14. The number of cyclic esters (lactones) is 1. The predicted octanol–water partition coefficient (Wildman–Crippen LogP) is 2.66. The maximum absolute atomic E-state index is 12.5. The molecule has 2 aromatic carbocycles. The number of ether oxygens (including phenoxy) is 1. The van der Waals surface area contributed by atoms with Crippen LogP contribution < -0.4 is 5.32 Å². The third kappa shape index (κ3) is 4.72. The second-order valence-corrected chi connectivity index (χ2v) is 6.65. The number of carbonyl (C=O) groups excluding carboxylic acids is 2. The van der Waals surface area contributed by atoms with E-state index in [0.29, 0.717) is 30.9 Å². The topological polar surface area (TPSA) is 102 Å². The van der Waals surface area contributed by atoms with Crippen LogP contribution >= 0.6 is 0 Å². The molecular weight excluding hydrogens is 362 g/mol. The number of benzene rings is 2. The first-order valence-electron chi connectivity index (χ1n) is 8.93. The van der Waals surface area contributed by atoms with E-state index in [-0.39, 0.29) is 18.0 Å². The van der Waals surface area contributed by atoms with Crippen molar-refractivity contribution in [3.8, 4) is 0 Å². The van der Waals surface area contributed by atoms with Crippen LogP contribution in [0.15, 0.2) is 48.5 Å². The summed E-state index contributed by atoms with van der Waals surface area (Å²) in [5.74, 6) is -0.767. The van der Waals surface area contributed by atoms with E-state index in [1.54, 1.807) is 6.92 Å². The number of hydrogen-bond acceptors (Lipinski definition) is 6. The first-order chi connectivity index (χ1) is 13.4. The number of morpholine rings is 1. The van der Waals surface area contributed by atoms with E-state index < -0.39 is 16.9 Å². The fourth-order valence-electron chi connectivity index (χ4n) is 3.16. The minimum Gasteiger partial charge on any atom is -0.463 e. The van der Waals surface area contributed by atoms with Crippen molar-refractivity contribution >= 4 is 23.3 Å². The van der Waals surface area contributed by atoms with Crippen LogP contribution in [0.25, 0.3) is 0 Å². The first-order valence-corrected chi connectivity index (χ1v) is 8.93. The molecule has 1 saturated heterocycles. The highest BCUT2D eigenvalue weighted by molar-refractivity contribution is 5.95. The second-order valence-electron chi connectivity index (χ2n) is 6.65. The van der Waals surface area contributed by atoms with Crippen molar-refractivity contribution in [2.45, 2.75) is 25.9 Å². The van der Waals surface area contributed by atoms with Crippen molar-refractivity contribution in [2.24, 2.45) is 0 Å². The third-order valence-corrected chi connectivity index (χ3v) is 4.64. The van der Waals surface area contributed by atoms with Gasteiger partial charge in [0.15, 0.2) is 0 Å². The van der Waals surface area contributed by atoms with Gasteiger partial charge in [-0.05, 0) is 24.1 Å². The molecule has 1 heterocycles. The maximum Gasteiger partial charge on any atom is 0.323 e. The Balaban J connectivity index is 1.68. The molecule has 0 spiro atoms. The van der Waals surface area contributed by atoms with Crippen molar-refractivity contribution in [3.63, 3.8) is 0 Å². The summed E-state index contributed by atoms with van der Waals surface area (Å²) in [5, 5.41) is 13.6. The lowest BCUT2D eigenvalue weighted by atomic mass is 10.1. The van der Waals surface area contributed by atoms with Gasteiger partial charge in [0.05, 0.1) is 11.3 Å². The molecule has 8 nitrogen and oxygen atoms in total. The molecule has 0 radical (unpaired) electrons. The summed E-state index contributed by atoms with van der Waals surface area (Å²) in [5.41, 5.74) is 2.07. The molecule has 28 heavy (non-hydrogen) atoms. The summed E-state index contributed by atoms with van der Waals surface area (Å²) in [4.78, 5) is 37.0. The maximum atomic E-state index is 12.5. The fraction of sp³-hybridized carbons (Fsp3) is 0.300. The summed E-state index contributed by atoms with van der Waals surface area (Å²) in [6, 6.07) is 13.3. The highest BCUT2D eigenvalue weighted by Gasteiger charge is 2.33. The predicted molar refractivity (Wildman–Crippen MR) is 103 cm³/mol. The lowest BCUT2D eigenvalue weighted by Gasteiger charge is -2.33. The van der Waals surface area contributed by atoms with Gasteiger partial charge < -0.3 is 10.1 Å². The lowest BCUT2D eigenvalue weighted by molar-refractivity contribution is -0.384. The van der Waals surface area contributed by atoms with Crippen LogP contribution in [0.2, 0.25) is 0 Å². The van der Waals surface area contributed by atoms with E-state index in [0.717, 1.165) is 5.56 Å². The van der Waals surface area contributed by atoms with Gasteiger partial charge in [0, 0.05) is 30.9 Å². The standard InChI is InChI=1S/C20H21N3O5/c1-14-11-16(23(26)27)7-8-17(14)21-19(24)12-18-20(25)28-10-9-22(18)13-15-5-3-2-4-6-15/h2-8,11,18H,9-10,12-13H2,1H3,(H,21,24)/t18-/m0/s1. The van der Waals surface area contributed by atoms with Gasteiger partial charge >= 0.3 is 5.97 Å². The van der Waals surface area contributed by atoms with Crippen LogP contribution in [-0.4, -0.2) is 40.9 Å². The molecule has 0 unspecified atom stereocenters.